The minimum absolute atomic E-state index is 0.336. The number of carboxylic acid groups (broad SMARTS) is 1. The van der Waals surface area contributed by atoms with Crippen molar-refractivity contribution in [1.29, 1.82) is 0 Å². The molecule has 0 unspecified atom stereocenters. The van der Waals surface area contributed by atoms with E-state index in [0.717, 1.165) is 10.8 Å². The second kappa shape index (κ2) is 6.64. The van der Waals surface area contributed by atoms with Gasteiger partial charge in [-0.2, -0.15) is 0 Å². The van der Waals surface area contributed by atoms with E-state index in [2.05, 4.69) is 5.32 Å². The maximum atomic E-state index is 12.1. The van der Waals surface area contributed by atoms with Crippen molar-refractivity contribution < 1.29 is 23.8 Å². The summed E-state index contributed by atoms with van der Waals surface area (Å²) in [5.74, 6) is -1.30. The lowest BCUT2D eigenvalue weighted by atomic mass is 10.0. The van der Waals surface area contributed by atoms with Crippen LogP contribution in [0.2, 0.25) is 0 Å². The maximum absolute atomic E-state index is 12.1. The molecule has 2 aromatic carbocycles. The fourth-order valence-corrected chi connectivity index (χ4v) is 2.59. The number of carboxylic acids is 1. The highest BCUT2D eigenvalue weighted by Crippen LogP contribution is 2.30. The molecule has 0 radical (unpaired) electrons. The van der Waals surface area contributed by atoms with Crippen molar-refractivity contribution in [3.63, 3.8) is 0 Å². The van der Waals surface area contributed by atoms with Crippen molar-refractivity contribution in [1.82, 2.24) is 5.32 Å². The molecule has 0 aliphatic rings. The first kappa shape index (κ1) is 16.5. The van der Waals surface area contributed by atoms with Crippen LogP contribution in [0.5, 0.6) is 5.75 Å². The molecule has 0 aliphatic heterocycles. The van der Waals surface area contributed by atoms with Gasteiger partial charge in [0.15, 0.2) is 6.61 Å². The third-order valence-corrected chi connectivity index (χ3v) is 3.78. The van der Waals surface area contributed by atoms with Gasteiger partial charge in [0, 0.05) is 10.9 Å². The van der Waals surface area contributed by atoms with E-state index >= 15 is 0 Å². The summed E-state index contributed by atoms with van der Waals surface area (Å²) in [5.41, 5.74) is 0.543. The van der Waals surface area contributed by atoms with Crippen molar-refractivity contribution in [3.8, 4) is 5.75 Å². The van der Waals surface area contributed by atoms with Crippen LogP contribution in [0.3, 0.4) is 0 Å². The molecule has 3 aromatic rings. The SMILES string of the molecule is Cc1c(OCC(=O)NCC(=O)O)ccc2c1oc(=O)c1ccccc12. The van der Waals surface area contributed by atoms with Crippen molar-refractivity contribution in [2.45, 2.75) is 6.92 Å². The molecule has 25 heavy (non-hydrogen) atoms. The Morgan fingerprint density at radius 1 is 1.12 bits per heavy atom. The van der Waals surface area contributed by atoms with Crippen molar-refractivity contribution in [3.05, 3.63) is 52.4 Å². The van der Waals surface area contributed by atoms with E-state index in [1.54, 1.807) is 31.2 Å². The highest BCUT2D eigenvalue weighted by molar-refractivity contribution is 6.05. The first-order chi connectivity index (χ1) is 12.0. The monoisotopic (exact) mass is 341 g/mol. The zero-order valence-electron chi connectivity index (χ0n) is 13.4. The van der Waals surface area contributed by atoms with E-state index in [1.807, 2.05) is 12.1 Å². The van der Waals surface area contributed by atoms with Gasteiger partial charge in [-0.15, -0.1) is 0 Å². The van der Waals surface area contributed by atoms with Crippen molar-refractivity contribution in [2.75, 3.05) is 13.2 Å². The molecule has 2 N–H and O–H groups in total. The minimum atomic E-state index is -1.14. The fraction of sp³-hybridized carbons (Fsp3) is 0.167. The molecular weight excluding hydrogens is 326 g/mol. The van der Waals surface area contributed by atoms with Gasteiger partial charge in [-0.1, -0.05) is 18.2 Å². The Labute approximate surface area is 141 Å². The molecule has 7 heteroatoms. The molecule has 128 valence electrons. The summed E-state index contributed by atoms with van der Waals surface area (Å²) in [5, 5.41) is 12.8. The summed E-state index contributed by atoms with van der Waals surface area (Å²) in [4.78, 5) is 34.1. The molecule has 0 bridgehead atoms. The molecule has 1 aromatic heterocycles. The molecule has 3 rings (SSSR count). The molecular formula is C18H15NO6. The molecule has 0 saturated carbocycles. The van der Waals surface area contributed by atoms with Crippen LogP contribution >= 0.6 is 0 Å². The number of ether oxygens (including phenoxy) is 1. The van der Waals surface area contributed by atoms with Gasteiger partial charge in [0.05, 0.1) is 5.39 Å². The normalized spacial score (nSPS) is 10.8. The van der Waals surface area contributed by atoms with Crippen molar-refractivity contribution >= 4 is 33.6 Å². The number of hydrogen-bond acceptors (Lipinski definition) is 5. The predicted octanol–water partition coefficient (Wildman–Crippen LogP) is 1.83. The Balaban J connectivity index is 1.92. The van der Waals surface area contributed by atoms with Crippen LogP contribution < -0.4 is 15.7 Å². The van der Waals surface area contributed by atoms with Crippen LogP contribution in [0, 0.1) is 6.92 Å². The van der Waals surface area contributed by atoms with Crippen LogP contribution in [-0.2, 0) is 9.59 Å². The number of carbonyl (C=O) groups is 2. The number of benzene rings is 2. The van der Waals surface area contributed by atoms with E-state index in [-0.39, 0.29) is 6.61 Å². The number of nitrogens with one attached hydrogen (secondary N) is 1. The molecule has 0 spiro atoms. The molecule has 0 fully saturated rings. The lowest BCUT2D eigenvalue weighted by molar-refractivity contribution is -0.138. The van der Waals surface area contributed by atoms with E-state index in [4.69, 9.17) is 14.3 Å². The molecule has 0 aliphatic carbocycles. The number of aryl methyl sites for hydroxylation is 1. The molecule has 7 nitrogen and oxygen atoms in total. The summed E-state index contributed by atoms with van der Waals surface area (Å²) < 4.78 is 10.8. The van der Waals surface area contributed by atoms with Crippen LogP contribution in [0.4, 0.5) is 0 Å². The highest BCUT2D eigenvalue weighted by Gasteiger charge is 2.13. The maximum Gasteiger partial charge on any atom is 0.344 e. The predicted molar refractivity (Wildman–Crippen MR) is 90.9 cm³/mol. The van der Waals surface area contributed by atoms with E-state index in [1.165, 1.54) is 0 Å². The summed E-state index contributed by atoms with van der Waals surface area (Å²) in [6, 6.07) is 10.6. The van der Waals surface area contributed by atoms with Crippen LogP contribution in [0.1, 0.15) is 5.56 Å². The van der Waals surface area contributed by atoms with Crippen LogP contribution in [0.15, 0.2) is 45.6 Å². The van der Waals surface area contributed by atoms with Gasteiger partial charge in [0.1, 0.15) is 17.9 Å². The Morgan fingerprint density at radius 3 is 2.56 bits per heavy atom. The van der Waals surface area contributed by atoms with Gasteiger partial charge in [-0.25, -0.2) is 4.79 Å². The average molecular weight is 341 g/mol. The lowest BCUT2D eigenvalue weighted by Crippen LogP contribution is -2.33. The first-order valence-electron chi connectivity index (χ1n) is 7.54. The lowest BCUT2D eigenvalue weighted by Gasteiger charge is -2.11. The Hall–Kier alpha value is -3.35. The van der Waals surface area contributed by atoms with Gasteiger partial charge in [-0.05, 0) is 30.5 Å². The Morgan fingerprint density at radius 2 is 1.84 bits per heavy atom. The average Bonchev–Trinajstić information content (AvgIpc) is 2.60. The van der Waals surface area contributed by atoms with Gasteiger partial charge in [0.25, 0.3) is 5.91 Å². The quantitative estimate of drug-likeness (QED) is 0.542. The number of hydrogen-bond donors (Lipinski definition) is 2. The second-order valence-corrected chi connectivity index (χ2v) is 5.46. The summed E-state index contributed by atoms with van der Waals surface area (Å²) in [6.07, 6.45) is 0. The summed E-state index contributed by atoms with van der Waals surface area (Å²) in [6.45, 7) is 0.918. The molecule has 0 saturated heterocycles. The number of aliphatic carboxylic acids is 1. The van der Waals surface area contributed by atoms with Gasteiger partial charge >= 0.3 is 11.6 Å². The highest BCUT2D eigenvalue weighted by atomic mass is 16.5. The standard InChI is InChI=1S/C18H15NO6/c1-10-14(24-9-15(20)19-8-16(21)22)7-6-12-11-4-2-3-5-13(11)18(23)25-17(10)12/h2-7H,8-9H2,1H3,(H,19,20)(H,21,22). The molecule has 1 heterocycles. The fourth-order valence-electron chi connectivity index (χ4n) is 2.59. The molecule has 0 atom stereocenters. The Bertz CT molecular complexity index is 1040. The van der Waals surface area contributed by atoms with Crippen LogP contribution in [0.25, 0.3) is 21.7 Å². The summed E-state index contributed by atoms with van der Waals surface area (Å²) in [7, 11) is 0. The summed E-state index contributed by atoms with van der Waals surface area (Å²) >= 11 is 0. The minimum Gasteiger partial charge on any atom is -0.483 e. The zero-order valence-corrected chi connectivity index (χ0v) is 13.4. The number of fused-ring (bicyclic) bond motifs is 3. The van der Waals surface area contributed by atoms with E-state index in [0.29, 0.717) is 22.3 Å². The number of carbonyl (C=O) groups excluding carboxylic acids is 1. The Kier molecular flexibility index (Phi) is 4.38. The smallest absolute Gasteiger partial charge is 0.344 e. The largest absolute Gasteiger partial charge is 0.483 e. The van der Waals surface area contributed by atoms with Gasteiger partial charge in [-0.3, -0.25) is 9.59 Å². The second-order valence-electron chi connectivity index (χ2n) is 5.46. The van der Waals surface area contributed by atoms with Gasteiger partial charge < -0.3 is 19.6 Å². The topological polar surface area (TPSA) is 106 Å². The van der Waals surface area contributed by atoms with E-state index < -0.39 is 24.0 Å². The number of rotatable bonds is 5. The zero-order chi connectivity index (χ0) is 18.0. The van der Waals surface area contributed by atoms with Crippen molar-refractivity contribution in [2.24, 2.45) is 0 Å². The third-order valence-electron chi connectivity index (χ3n) is 3.78. The number of amides is 1. The molecule has 1 amide bonds. The van der Waals surface area contributed by atoms with E-state index in [9.17, 15) is 14.4 Å². The van der Waals surface area contributed by atoms with Gasteiger partial charge in [0.2, 0.25) is 0 Å². The first-order valence-corrected chi connectivity index (χ1v) is 7.54. The van der Waals surface area contributed by atoms with Crippen LogP contribution in [-0.4, -0.2) is 30.1 Å². The third kappa shape index (κ3) is 3.30.